The molecule has 16 heavy (non-hydrogen) atoms. The van der Waals surface area contributed by atoms with Gasteiger partial charge in [-0.05, 0) is 18.1 Å². The van der Waals surface area contributed by atoms with Crippen molar-refractivity contribution in [2.24, 2.45) is 5.73 Å². The summed E-state index contributed by atoms with van der Waals surface area (Å²) >= 11 is 0. The molecule has 4 N–H and O–H groups in total. The van der Waals surface area contributed by atoms with Gasteiger partial charge >= 0.3 is 6.03 Å². The van der Waals surface area contributed by atoms with Crippen LogP contribution in [0, 0.1) is 0 Å². The molecule has 0 saturated carbocycles. The molecule has 0 bridgehead atoms. The van der Waals surface area contributed by atoms with E-state index >= 15 is 0 Å². The van der Waals surface area contributed by atoms with Gasteiger partial charge in [-0.25, -0.2) is 4.79 Å². The van der Waals surface area contributed by atoms with Crippen LogP contribution in [-0.4, -0.2) is 11.9 Å². The number of carbonyl (C=O) groups is 2. The summed E-state index contributed by atoms with van der Waals surface area (Å²) in [6, 6.07) is 6.83. The average Bonchev–Trinajstić information content (AvgIpc) is 2.54. The summed E-state index contributed by atoms with van der Waals surface area (Å²) in [6.45, 7) is 2.13. The minimum absolute atomic E-state index is 0.335. The Kier molecular flexibility index (Phi) is 2.40. The highest BCUT2D eigenvalue weighted by atomic mass is 16.2. The fourth-order valence-electron chi connectivity index (χ4n) is 1.72. The van der Waals surface area contributed by atoms with Gasteiger partial charge in [0.15, 0.2) is 0 Å². The van der Waals surface area contributed by atoms with E-state index in [4.69, 9.17) is 5.73 Å². The molecule has 5 heteroatoms. The third kappa shape index (κ3) is 1.55. The van der Waals surface area contributed by atoms with Crippen LogP contribution in [0.3, 0.4) is 0 Å². The molecule has 1 aromatic rings. The van der Waals surface area contributed by atoms with Gasteiger partial charge in [-0.15, -0.1) is 0 Å². The first-order valence-corrected chi connectivity index (χ1v) is 4.99. The lowest BCUT2D eigenvalue weighted by molar-refractivity contribution is -0.123. The first kappa shape index (κ1) is 10.6. The third-order valence-corrected chi connectivity index (χ3v) is 2.81. The lowest BCUT2D eigenvalue weighted by atomic mass is 9.91. The number of rotatable bonds is 2. The average molecular weight is 219 g/mol. The van der Waals surface area contributed by atoms with E-state index < -0.39 is 11.6 Å². The number of benzene rings is 1. The van der Waals surface area contributed by atoms with Crippen molar-refractivity contribution in [3.63, 3.8) is 0 Å². The molecular weight excluding hydrogens is 206 g/mol. The quantitative estimate of drug-likeness (QED) is 0.621. The number of carbonyl (C=O) groups excluding carboxylic acids is 2. The van der Waals surface area contributed by atoms with Gasteiger partial charge in [0.25, 0.3) is 5.91 Å². The minimum atomic E-state index is -0.982. The van der Waals surface area contributed by atoms with Crippen molar-refractivity contribution >= 4 is 11.9 Å². The molecule has 0 aromatic heterocycles. The zero-order valence-corrected chi connectivity index (χ0v) is 8.91. The van der Waals surface area contributed by atoms with Crippen LogP contribution in [0.2, 0.25) is 0 Å². The first-order chi connectivity index (χ1) is 7.56. The molecule has 1 aliphatic rings. The predicted molar refractivity (Wildman–Crippen MR) is 58.4 cm³/mol. The standard InChI is InChI=1S/C11H13N3O2/c1-11(9(15)13-10(16)14-11)8-4-2-7(6-12)3-5-8/h2-5H,6,12H2,1H3,(H2,13,14,15,16)/t11-/m1/s1. The molecule has 1 atom stereocenters. The molecule has 84 valence electrons. The summed E-state index contributed by atoms with van der Waals surface area (Å²) < 4.78 is 0. The predicted octanol–water partition coefficient (Wildman–Crippen LogP) is 0.200. The van der Waals surface area contributed by atoms with Crippen LogP contribution in [0.1, 0.15) is 18.1 Å². The molecule has 0 unspecified atom stereocenters. The Morgan fingerprint density at radius 1 is 1.25 bits per heavy atom. The molecule has 2 rings (SSSR count). The van der Waals surface area contributed by atoms with E-state index in [1.165, 1.54) is 0 Å². The molecule has 0 spiro atoms. The maximum atomic E-state index is 11.6. The van der Waals surface area contributed by atoms with E-state index in [0.717, 1.165) is 11.1 Å². The Hall–Kier alpha value is -1.88. The zero-order valence-electron chi connectivity index (χ0n) is 8.91. The van der Waals surface area contributed by atoms with Crippen molar-refractivity contribution < 1.29 is 9.59 Å². The SMILES string of the molecule is C[C@]1(c2ccc(CN)cc2)NC(=O)NC1=O. The largest absolute Gasteiger partial charge is 0.326 e. The molecule has 0 aliphatic carbocycles. The van der Waals surface area contributed by atoms with Crippen LogP contribution in [0.25, 0.3) is 0 Å². The molecule has 1 aliphatic heterocycles. The molecule has 3 amide bonds. The fourth-order valence-corrected chi connectivity index (χ4v) is 1.72. The number of hydrogen-bond donors (Lipinski definition) is 3. The van der Waals surface area contributed by atoms with Crippen molar-refractivity contribution in [3.05, 3.63) is 35.4 Å². The molecule has 1 heterocycles. The van der Waals surface area contributed by atoms with Crippen LogP contribution in [0.4, 0.5) is 4.79 Å². The summed E-state index contributed by atoms with van der Waals surface area (Å²) in [5.74, 6) is -0.335. The zero-order chi connectivity index (χ0) is 11.8. The van der Waals surface area contributed by atoms with E-state index in [1.807, 2.05) is 12.1 Å². The second-order valence-electron chi connectivity index (χ2n) is 3.93. The smallest absolute Gasteiger partial charge is 0.322 e. The summed E-state index contributed by atoms with van der Waals surface area (Å²) in [5.41, 5.74) is 6.23. The Bertz CT molecular complexity index is 441. The van der Waals surface area contributed by atoms with E-state index in [9.17, 15) is 9.59 Å². The number of nitrogens with one attached hydrogen (secondary N) is 2. The highest BCUT2D eigenvalue weighted by Crippen LogP contribution is 2.24. The van der Waals surface area contributed by atoms with Crippen LogP contribution < -0.4 is 16.4 Å². The molecular formula is C11H13N3O2. The van der Waals surface area contributed by atoms with Gasteiger partial charge in [-0.2, -0.15) is 0 Å². The Morgan fingerprint density at radius 2 is 1.88 bits per heavy atom. The van der Waals surface area contributed by atoms with Crippen molar-refractivity contribution in [1.82, 2.24) is 10.6 Å². The lowest BCUT2D eigenvalue weighted by Crippen LogP contribution is -2.40. The molecule has 0 radical (unpaired) electrons. The van der Waals surface area contributed by atoms with Crippen LogP contribution in [-0.2, 0) is 16.9 Å². The maximum Gasteiger partial charge on any atom is 0.322 e. The molecule has 1 saturated heterocycles. The molecule has 1 fully saturated rings. The molecule has 1 aromatic carbocycles. The monoisotopic (exact) mass is 219 g/mol. The number of hydrogen-bond acceptors (Lipinski definition) is 3. The number of amides is 3. The van der Waals surface area contributed by atoms with E-state index in [0.29, 0.717) is 6.54 Å². The van der Waals surface area contributed by atoms with Gasteiger partial charge in [0.2, 0.25) is 0 Å². The fraction of sp³-hybridized carbons (Fsp3) is 0.273. The van der Waals surface area contributed by atoms with Gasteiger partial charge in [-0.1, -0.05) is 24.3 Å². The highest BCUT2D eigenvalue weighted by Gasteiger charge is 2.43. The van der Waals surface area contributed by atoms with Crippen molar-refractivity contribution in [3.8, 4) is 0 Å². The van der Waals surface area contributed by atoms with E-state index in [2.05, 4.69) is 10.6 Å². The number of urea groups is 1. The number of nitrogens with two attached hydrogens (primary N) is 1. The van der Waals surface area contributed by atoms with Gasteiger partial charge in [0.1, 0.15) is 5.54 Å². The maximum absolute atomic E-state index is 11.6. The van der Waals surface area contributed by atoms with Crippen LogP contribution in [0.5, 0.6) is 0 Å². The summed E-state index contributed by atoms with van der Waals surface area (Å²) in [5, 5.41) is 4.82. The third-order valence-electron chi connectivity index (χ3n) is 2.81. The normalized spacial score (nSPS) is 24.1. The number of imide groups is 1. The van der Waals surface area contributed by atoms with Crippen molar-refractivity contribution in [1.29, 1.82) is 0 Å². The minimum Gasteiger partial charge on any atom is -0.326 e. The summed E-state index contributed by atoms with van der Waals surface area (Å²) in [6.07, 6.45) is 0. The van der Waals surface area contributed by atoms with Crippen LogP contribution in [0.15, 0.2) is 24.3 Å². The summed E-state index contributed by atoms with van der Waals surface area (Å²) in [7, 11) is 0. The van der Waals surface area contributed by atoms with Crippen molar-refractivity contribution in [2.45, 2.75) is 19.0 Å². The van der Waals surface area contributed by atoms with Gasteiger partial charge < -0.3 is 11.1 Å². The van der Waals surface area contributed by atoms with Gasteiger partial charge in [-0.3, -0.25) is 10.1 Å². The van der Waals surface area contributed by atoms with Gasteiger partial charge in [0.05, 0.1) is 0 Å². The van der Waals surface area contributed by atoms with E-state index in [1.54, 1.807) is 19.1 Å². The Labute approximate surface area is 93.0 Å². The Balaban J connectivity index is 2.36. The summed E-state index contributed by atoms with van der Waals surface area (Å²) in [4.78, 5) is 22.7. The topological polar surface area (TPSA) is 84.2 Å². The highest BCUT2D eigenvalue weighted by molar-refractivity contribution is 6.07. The van der Waals surface area contributed by atoms with Crippen LogP contribution >= 0.6 is 0 Å². The Morgan fingerprint density at radius 3 is 2.31 bits per heavy atom. The second kappa shape index (κ2) is 3.61. The lowest BCUT2D eigenvalue weighted by Gasteiger charge is -2.21. The van der Waals surface area contributed by atoms with Crippen molar-refractivity contribution in [2.75, 3.05) is 0 Å². The molecule has 5 nitrogen and oxygen atoms in total. The second-order valence-corrected chi connectivity index (χ2v) is 3.93. The first-order valence-electron chi connectivity index (χ1n) is 4.99. The van der Waals surface area contributed by atoms with Gasteiger partial charge in [0, 0.05) is 6.54 Å². The van der Waals surface area contributed by atoms with E-state index in [-0.39, 0.29) is 5.91 Å².